The monoisotopic (exact) mass is 1230 g/mol. The minimum atomic E-state index is -4.40. The van der Waals surface area contributed by atoms with Crippen LogP contribution < -0.4 is 5.73 Å². The molecular formula is C77H136NO8P. The number of hydrogen-bond acceptors (Lipinski definition) is 8. The highest BCUT2D eigenvalue weighted by molar-refractivity contribution is 7.47. The predicted molar refractivity (Wildman–Crippen MR) is 376 cm³/mol. The van der Waals surface area contributed by atoms with Crippen molar-refractivity contribution in [1.29, 1.82) is 0 Å². The van der Waals surface area contributed by atoms with E-state index < -0.39 is 26.5 Å². The third kappa shape index (κ3) is 71.6. The highest BCUT2D eigenvalue weighted by Gasteiger charge is 2.26. The number of esters is 2. The van der Waals surface area contributed by atoms with Crippen LogP contribution in [0.25, 0.3) is 0 Å². The van der Waals surface area contributed by atoms with E-state index >= 15 is 0 Å². The van der Waals surface area contributed by atoms with E-state index in [4.69, 9.17) is 24.3 Å². The second-order valence-electron chi connectivity index (χ2n) is 24.1. The van der Waals surface area contributed by atoms with E-state index in [0.29, 0.717) is 6.42 Å². The second kappa shape index (κ2) is 71.7. The number of unbranched alkanes of at least 4 members (excludes halogenated alkanes) is 37. The molecule has 0 aromatic carbocycles. The Morgan fingerprint density at radius 1 is 0.356 bits per heavy atom. The molecule has 2 atom stereocenters. The summed E-state index contributed by atoms with van der Waals surface area (Å²) in [5, 5.41) is 0. The lowest BCUT2D eigenvalue weighted by molar-refractivity contribution is -0.161. The van der Waals surface area contributed by atoms with Gasteiger partial charge in [-0.05, 0) is 103 Å². The van der Waals surface area contributed by atoms with Crippen molar-refractivity contribution in [3.05, 3.63) is 109 Å². The van der Waals surface area contributed by atoms with Gasteiger partial charge in [0.25, 0.3) is 0 Å². The van der Waals surface area contributed by atoms with Crippen LogP contribution in [0.3, 0.4) is 0 Å². The number of carbonyl (C=O) groups is 2. The molecule has 0 radical (unpaired) electrons. The zero-order valence-electron chi connectivity index (χ0n) is 56.5. The molecular weight excluding hydrogens is 1100 g/mol. The highest BCUT2D eigenvalue weighted by atomic mass is 31.2. The van der Waals surface area contributed by atoms with Crippen LogP contribution in [-0.2, 0) is 32.7 Å². The number of allylic oxidation sites excluding steroid dienone is 18. The molecule has 0 aliphatic rings. The number of carbonyl (C=O) groups excluding carboxylic acids is 2. The van der Waals surface area contributed by atoms with Crippen LogP contribution in [0.4, 0.5) is 0 Å². The summed E-state index contributed by atoms with van der Waals surface area (Å²) in [5.74, 6) is -0.825. The molecule has 0 amide bonds. The summed E-state index contributed by atoms with van der Waals surface area (Å²) in [6.07, 6.45) is 99.1. The Bertz CT molecular complexity index is 1800. The molecule has 9 nitrogen and oxygen atoms in total. The Morgan fingerprint density at radius 3 is 0.943 bits per heavy atom. The van der Waals surface area contributed by atoms with Crippen LogP contribution in [0.15, 0.2) is 109 Å². The van der Waals surface area contributed by atoms with Gasteiger partial charge in [0.1, 0.15) is 6.61 Å². The molecule has 0 heterocycles. The van der Waals surface area contributed by atoms with Gasteiger partial charge < -0.3 is 20.1 Å². The molecule has 0 aliphatic heterocycles. The topological polar surface area (TPSA) is 134 Å². The summed E-state index contributed by atoms with van der Waals surface area (Å²) in [7, 11) is -4.40. The van der Waals surface area contributed by atoms with E-state index in [1.165, 1.54) is 205 Å². The standard InChI is InChI=1S/C77H136NO8P/c1-3-5-7-9-11-13-15-17-19-21-23-25-27-29-31-33-34-35-36-37-38-39-40-42-43-45-47-49-51-53-55-57-59-61-63-65-67-69-76(79)83-73-75(74-85-87(81,82)84-72-71-78)86-77(80)70-68-66-64-62-60-58-56-54-52-50-48-46-44-41-32-30-28-26-24-22-20-18-16-14-12-10-8-6-4-2/h6,8,12,14-15,17-18,20-21,23-24,26-27,29-30,32,44,46,75H,3-5,7,9-11,13,16,19,22,25,28,31,33-43,45,47-74,78H2,1-2H3,(H,81,82)/b8-6-,14-12-,17-15-,20-18-,23-21-,26-24-,29-27-,32-30-,46-44-. The number of hydrogen-bond donors (Lipinski definition) is 2. The van der Waals surface area contributed by atoms with Crippen LogP contribution in [0.2, 0.25) is 0 Å². The Kier molecular flexibility index (Phi) is 69.0. The number of ether oxygens (including phenoxy) is 2. The first kappa shape index (κ1) is 83.7. The van der Waals surface area contributed by atoms with Crippen LogP contribution in [0.1, 0.15) is 335 Å². The zero-order valence-corrected chi connectivity index (χ0v) is 57.4. The fourth-order valence-corrected chi connectivity index (χ4v) is 11.1. The molecule has 3 N–H and O–H groups in total. The molecule has 0 aromatic heterocycles. The molecule has 87 heavy (non-hydrogen) atoms. The van der Waals surface area contributed by atoms with Crippen LogP contribution in [0.5, 0.6) is 0 Å². The Labute approximate surface area is 537 Å². The average Bonchev–Trinajstić information content (AvgIpc) is 3.63. The number of phosphoric ester groups is 1. The SMILES string of the molecule is CC/C=C\C/C=C\C/C=C\C/C=C\C/C=C\C/C=C\CCCCCCCCCCCCC(=O)OC(COC(=O)CCCCCCCCCCCCCCCCCCCCCCCC/C=C\C/C=C\C/C=C\CCCCCCC)COP(=O)(O)OCCN. The van der Waals surface area contributed by atoms with Crippen molar-refractivity contribution in [3.8, 4) is 0 Å². The molecule has 10 heteroatoms. The fraction of sp³-hybridized carbons (Fsp3) is 0.740. The lowest BCUT2D eigenvalue weighted by Crippen LogP contribution is -2.29. The first-order valence-electron chi connectivity index (χ1n) is 36.4. The number of rotatable bonds is 68. The van der Waals surface area contributed by atoms with E-state index in [1.54, 1.807) is 0 Å². The number of phosphoric acid groups is 1. The Morgan fingerprint density at radius 2 is 0.632 bits per heavy atom. The van der Waals surface area contributed by atoms with Crippen molar-refractivity contribution in [1.82, 2.24) is 0 Å². The molecule has 0 saturated carbocycles. The van der Waals surface area contributed by atoms with E-state index in [1.807, 2.05) is 0 Å². The van der Waals surface area contributed by atoms with Crippen LogP contribution >= 0.6 is 7.82 Å². The maximum atomic E-state index is 12.8. The largest absolute Gasteiger partial charge is 0.472 e. The van der Waals surface area contributed by atoms with Gasteiger partial charge in [0, 0.05) is 19.4 Å². The highest BCUT2D eigenvalue weighted by Crippen LogP contribution is 2.43. The first-order valence-corrected chi connectivity index (χ1v) is 37.9. The summed E-state index contributed by atoms with van der Waals surface area (Å²) in [6.45, 7) is 3.65. The quantitative estimate of drug-likeness (QED) is 0.0264. The van der Waals surface area contributed by atoms with E-state index in [-0.39, 0.29) is 38.6 Å². The average molecular weight is 1230 g/mol. The predicted octanol–water partition coefficient (Wildman–Crippen LogP) is 24.1. The Hall–Kier alpha value is -3.33. The van der Waals surface area contributed by atoms with Crippen LogP contribution in [-0.4, -0.2) is 49.3 Å². The van der Waals surface area contributed by atoms with Gasteiger partial charge >= 0.3 is 19.8 Å². The van der Waals surface area contributed by atoms with E-state index in [9.17, 15) is 19.0 Å². The summed E-state index contributed by atoms with van der Waals surface area (Å²) in [4.78, 5) is 35.4. The lowest BCUT2D eigenvalue weighted by atomic mass is 10.0. The molecule has 502 valence electrons. The maximum Gasteiger partial charge on any atom is 0.472 e. The van der Waals surface area contributed by atoms with Gasteiger partial charge in [-0.1, -0.05) is 329 Å². The summed E-state index contributed by atoms with van der Waals surface area (Å²) in [5.41, 5.74) is 5.40. The van der Waals surface area contributed by atoms with Gasteiger partial charge in [0.05, 0.1) is 13.2 Å². The van der Waals surface area contributed by atoms with Crippen molar-refractivity contribution in [3.63, 3.8) is 0 Å². The van der Waals surface area contributed by atoms with Crippen molar-refractivity contribution in [2.75, 3.05) is 26.4 Å². The fourth-order valence-electron chi connectivity index (χ4n) is 10.3. The number of nitrogens with two attached hydrogens (primary N) is 1. The first-order chi connectivity index (χ1) is 42.8. The van der Waals surface area contributed by atoms with Crippen molar-refractivity contribution >= 4 is 19.8 Å². The molecule has 0 fully saturated rings. The second-order valence-corrected chi connectivity index (χ2v) is 25.5. The molecule has 0 spiro atoms. The minimum absolute atomic E-state index is 0.0496. The van der Waals surface area contributed by atoms with Gasteiger partial charge in [-0.3, -0.25) is 18.6 Å². The molecule has 0 aliphatic carbocycles. The molecule has 0 bridgehead atoms. The molecule has 0 saturated heterocycles. The Balaban J connectivity index is 3.85. The molecule has 0 rings (SSSR count). The van der Waals surface area contributed by atoms with Gasteiger partial charge in [0.2, 0.25) is 0 Å². The molecule has 2 unspecified atom stereocenters. The normalized spacial score (nSPS) is 13.6. The maximum absolute atomic E-state index is 12.8. The third-order valence-corrected chi connectivity index (χ3v) is 16.6. The lowest BCUT2D eigenvalue weighted by Gasteiger charge is -2.19. The van der Waals surface area contributed by atoms with Gasteiger partial charge in [-0.15, -0.1) is 0 Å². The van der Waals surface area contributed by atoms with Crippen LogP contribution in [0, 0.1) is 0 Å². The van der Waals surface area contributed by atoms with Gasteiger partial charge in [-0.2, -0.15) is 0 Å². The van der Waals surface area contributed by atoms with E-state index in [2.05, 4.69) is 123 Å². The van der Waals surface area contributed by atoms with Crippen molar-refractivity contribution in [2.24, 2.45) is 5.73 Å². The summed E-state index contributed by atoms with van der Waals surface area (Å²) < 4.78 is 33.2. The van der Waals surface area contributed by atoms with Gasteiger partial charge in [0.15, 0.2) is 6.10 Å². The third-order valence-electron chi connectivity index (χ3n) is 15.6. The zero-order chi connectivity index (χ0) is 63.0. The van der Waals surface area contributed by atoms with Crippen molar-refractivity contribution in [2.45, 2.75) is 341 Å². The minimum Gasteiger partial charge on any atom is -0.462 e. The smallest absolute Gasteiger partial charge is 0.462 e. The van der Waals surface area contributed by atoms with Crippen molar-refractivity contribution < 1.29 is 37.6 Å². The molecule has 0 aromatic rings. The van der Waals surface area contributed by atoms with E-state index in [0.717, 1.165) is 96.3 Å². The summed E-state index contributed by atoms with van der Waals surface area (Å²) >= 11 is 0. The summed E-state index contributed by atoms with van der Waals surface area (Å²) in [6, 6.07) is 0. The van der Waals surface area contributed by atoms with Gasteiger partial charge in [-0.25, -0.2) is 4.57 Å².